The van der Waals surface area contributed by atoms with Gasteiger partial charge in [0.2, 0.25) is 5.91 Å². The smallest absolute Gasteiger partial charge is 0.317 e. The van der Waals surface area contributed by atoms with Gasteiger partial charge in [0.25, 0.3) is 0 Å². The van der Waals surface area contributed by atoms with Crippen LogP contribution in [0, 0.1) is 0 Å². The maximum Gasteiger partial charge on any atom is 0.317 e. The third-order valence-electron chi connectivity index (χ3n) is 3.37. The highest BCUT2D eigenvalue weighted by molar-refractivity contribution is 5.78. The van der Waals surface area contributed by atoms with Crippen LogP contribution in [-0.2, 0) is 21.4 Å². The van der Waals surface area contributed by atoms with Gasteiger partial charge in [-0.25, -0.2) is 0 Å². The molecule has 0 atom stereocenters. The molecule has 1 aromatic rings. The van der Waals surface area contributed by atoms with Crippen LogP contribution in [0.5, 0.6) is 0 Å². The van der Waals surface area contributed by atoms with Gasteiger partial charge in [0.05, 0.1) is 13.1 Å². The number of carboxylic acids is 1. The predicted octanol–water partition coefficient (Wildman–Crippen LogP) is 1.66. The van der Waals surface area contributed by atoms with Gasteiger partial charge in [-0.15, -0.1) is 0 Å². The quantitative estimate of drug-likeness (QED) is 0.804. The summed E-state index contributed by atoms with van der Waals surface area (Å²) in [6.07, 6.45) is 0.763. The first-order valence-electron chi connectivity index (χ1n) is 7.45. The number of carbonyl (C=O) groups is 2. The molecular formula is C17H26N2O3. The van der Waals surface area contributed by atoms with E-state index in [9.17, 15) is 9.59 Å². The Balaban J connectivity index is 2.35. The Hall–Kier alpha value is -1.88. The standard InChI is InChI=1S/C17H26N2O3/c1-17(2,3)14-7-5-13(6-8-14)9-10-18-15(20)11-19(4)12-16(21)22/h5-8H,9-12H2,1-4H3,(H,18,20)(H,21,22). The summed E-state index contributed by atoms with van der Waals surface area (Å²) in [6.45, 7) is 7.03. The summed E-state index contributed by atoms with van der Waals surface area (Å²) in [4.78, 5) is 23.6. The van der Waals surface area contributed by atoms with E-state index in [2.05, 4.69) is 50.4 Å². The molecule has 0 aliphatic heterocycles. The molecule has 5 nitrogen and oxygen atoms in total. The maximum absolute atomic E-state index is 11.7. The van der Waals surface area contributed by atoms with Gasteiger partial charge in [-0.3, -0.25) is 14.5 Å². The lowest BCUT2D eigenvalue weighted by Crippen LogP contribution is -2.38. The highest BCUT2D eigenvalue weighted by Crippen LogP contribution is 2.22. The number of carboxylic acid groups (broad SMARTS) is 1. The fourth-order valence-electron chi connectivity index (χ4n) is 2.11. The van der Waals surface area contributed by atoms with Gasteiger partial charge < -0.3 is 10.4 Å². The van der Waals surface area contributed by atoms with E-state index >= 15 is 0 Å². The van der Waals surface area contributed by atoms with Crippen molar-refractivity contribution >= 4 is 11.9 Å². The number of carbonyl (C=O) groups excluding carboxylic acids is 1. The molecule has 1 amide bonds. The number of likely N-dealkylation sites (N-methyl/N-ethyl adjacent to an activating group) is 1. The number of hydrogen-bond donors (Lipinski definition) is 2. The van der Waals surface area contributed by atoms with Crippen molar-refractivity contribution in [2.75, 3.05) is 26.7 Å². The number of nitrogens with zero attached hydrogens (tertiary/aromatic N) is 1. The molecule has 0 saturated heterocycles. The van der Waals surface area contributed by atoms with Crippen molar-refractivity contribution < 1.29 is 14.7 Å². The zero-order valence-electron chi connectivity index (χ0n) is 13.8. The van der Waals surface area contributed by atoms with E-state index in [1.165, 1.54) is 16.0 Å². The Morgan fingerprint density at radius 2 is 1.73 bits per heavy atom. The van der Waals surface area contributed by atoms with Crippen LogP contribution in [-0.4, -0.2) is 48.6 Å². The molecular weight excluding hydrogens is 280 g/mol. The minimum Gasteiger partial charge on any atom is -0.480 e. The third kappa shape index (κ3) is 6.72. The molecule has 0 radical (unpaired) electrons. The van der Waals surface area contributed by atoms with Crippen LogP contribution in [0.15, 0.2) is 24.3 Å². The van der Waals surface area contributed by atoms with Crippen molar-refractivity contribution in [1.82, 2.24) is 10.2 Å². The van der Waals surface area contributed by atoms with Gasteiger partial charge in [0.15, 0.2) is 0 Å². The molecule has 2 N–H and O–H groups in total. The molecule has 0 unspecified atom stereocenters. The normalized spacial score (nSPS) is 11.5. The summed E-state index contributed by atoms with van der Waals surface area (Å²) in [5, 5.41) is 11.4. The number of amides is 1. The number of rotatable bonds is 7. The average Bonchev–Trinajstić information content (AvgIpc) is 2.37. The Morgan fingerprint density at radius 1 is 1.14 bits per heavy atom. The third-order valence-corrected chi connectivity index (χ3v) is 3.37. The Labute approximate surface area is 132 Å². The Bertz CT molecular complexity index is 504. The summed E-state index contributed by atoms with van der Waals surface area (Å²) < 4.78 is 0. The van der Waals surface area contributed by atoms with Gasteiger partial charge >= 0.3 is 5.97 Å². The molecule has 0 saturated carbocycles. The van der Waals surface area contributed by atoms with E-state index in [4.69, 9.17) is 5.11 Å². The number of nitrogens with one attached hydrogen (secondary N) is 1. The van der Waals surface area contributed by atoms with Gasteiger partial charge in [-0.05, 0) is 30.0 Å². The zero-order chi connectivity index (χ0) is 16.8. The van der Waals surface area contributed by atoms with Crippen LogP contribution in [0.25, 0.3) is 0 Å². The summed E-state index contributed by atoms with van der Waals surface area (Å²) >= 11 is 0. The van der Waals surface area contributed by atoms with Gasteiger partial charge in [-0.2, -0.15) is 0 Å². The topological polar surface area (TPSA) is 69.6 Å². The Morgan fingerprint density at radius 3 is 2.23 bits per heavy atom. The second-order valence-corrected chi connectivity index (χ2v) is 6.61. The molecule has 0 aromatic heterocycles. The number of aliphatic carboxylic acids is 1. The summed E-state index contributed by atoms with van der Waals surface area (Å²) in [5.74, 6) is -1.09. The van der Waals surface area contributed by atoms with Crippen molar-refractivity contribution in [3.05, 3.63) is 35.4 Å². The fourth-order valence-corrected chi connectivity index (χ4v) is 2.11. The second kappa shape index (κ2) is 7.94. The summed E-state index contributed by atoms with van der Waals surface area (Å²) in [5.41, 5.74) is 2.60. The number of benzene rings is 1. The molecule has 5 heteroatoms. The van der Waals surface area contributed by atoms with E-state index < -0.39 is 5.97 Å². The fraction of sp³-hybridized carbons (Fsp3) is 0.529. The first-order chi connectivity index (χ1) is 10.2. The SMILES string of the molecule is CN(CC(=O)O)CC(=O)NCCc1ccc(C(C)(C)C)cc1. The zero-order valence-corrected chi connectivity index (χ0v) is 13.8. The average molecular weight is 306 g/mol. The molecule has 0 aliphatic rings. The molecule has 22 heavy (non-hydrogen) atoms. The van der Waals surface area contributed by atoms with Crippen molar-refractivity contribution in [3.63, 3.8) is 0 Å². The predicted molar refractivity (Wildman–Crippen MR) is 87.0 cm³/mol. The van der Waals surface area contributed by atoms with Gasteiger partial charge in [0.1, 0.15) is 0 Å². The lowest BCUT2D eigenvalue weighted by molar-refractivity contribution is -0.138. The monoisotopic (exact) mass is 306 g/mol. The molecule has 0 fully saturated rings. The van der Waals surface area contributed by atoms with E-state index in [-0.39, 0.29) is 24.4 Å². The molecule has 0 aliphatic carbocycles. The minimum absolute atomic E-state index is 0.0925. The van der Waals surface area contributed by atoms with Crippen molar-refractivity contribution in [2.24, 2.45) is 0 Å². The molecule has 1 aromatic carbocycles. The van der Waals surface area contributed by atoms with Crippen LogP contribution in [0.4, 0.5) is 0 Å². The minimum atomic E-state index is -0.936. The molecule has 1 rings (SSSR count). The molecule has 122 valence electrons. The lowest BCUT2D eigenvalue weighted by Gasteiger charge is -2.19. The van der Waals surface area contributed by atoms with Crippen LogP contribution in [0.3, 0.4) is 0 Å². The number of hydrogen-bond acceptors (Lipinski definition) is 3. The van der Waals surface area contributed by atoms with E-state index in [0.29, 0.717) is 6.54 Å². The van der Waals surface area contributed by atoms with Crippen LogP contribution in [0.2, 0.25) is 0 Å². The van der Waals surface area contributed by atoms with E-state index in [0.717, 1.165) is 6.42 Å². The van der Waals surface area contributed by atoms with Gasteiger partial charge in [-0.1, -0.05) is 45.0 Å². The largest absolute Gasteiger partial charge is 0.480 e. The van der Waals surface area contributed by atoms with E-state index in [1.807, 2.05) is 0 Å². The molecule has 0 spiro atoms. The van der Waals surface area contributed by atoms with Crippen LogP contribution in [0.1, 0.15) is 31.9 Å². The van der Waals surface area contributed by atoms with Crippen LogP contribution < -0.4 is 5.32 Å². The second-order valence-electron chi connectivity index (χ2n) is 6.61. The lowest BCUT2D eigenvalue weighted by atomic mass is 9.86. The van der Waals surface area contributed by atoms with Crippen molar-refractivity contribution in [3.8, 4) is 0 Å². The first-order valence-corrected chi connectivity index (χ1v) is 7.45. The van der Waals surface area contributed by atoms with Gasteiger partial charge in [0, 0.05) is 6.54 Å². The highest BCUT2D eigenvalue weighted by atomic mass is 16.4. The van der Waals surface area contributed by atoms with Crippen LogP contribution >= 0.6 is 0 Å². The Kier molecular flexibility index (Phi) is 6.56. The van der Waals surface area contributed by atoms with Crippen molar-refractivity contribution in [1.29, 1.82) is 0 Å². The summed E-state index contributed by atoms with van der Waals surface area (Å²) in [6, 6.07) is 8.42. The molecule has 0 bridgehead atoms. The molecule has 0 heterocycles. The first kappa shape index (κ1) is 18.2. The maximum atomic E-state index is 11.7. The highest BCUT2D eigenvalue weighted by Gasteiger charge is 2.13. The van der Waals surface area contributed by atoms with E-state index in [1.54, 1.807) is 7.05 Å². The van der Waals surface area contributed by atoms with Crippen molar-refractivity contribution in [2.45, 2.75) is 32.6 Å². The summed E-state index contributed by atoms with van der Waals surface area (Å²) in [7, 11) is 1.61.